The second-order valence-electron chi connectivity index (χ2n) is 7.49. The van der Waals surface area contributed by atoms with E-state index in [-0.39, 0.29) is 42.1 Å². The number of halogens is 6. The summed E-state index contributed by atoms with van der Waals surface area (Å²) in [5.41, 5.74) is -0.171. The van der Waals surface area contributed by atoms with Gasteiger partial charge in [-0.25, -0.2) is 4.39 Å². The number of nitrogens with one attached hydrogen (secondary N) is 1. The van der Waals surface area contributed by atoms with Crippen LogP contribution in [-0.4, -0.2) is 25.5 Å². The molecule has 12 heteroatoms. The van der Waals surface area contributed by atoms with Gasteiger partial charge >= 0.3 is 6.18 Å². The first-order valence-electron chi connectivity index (χ1n) is 9.72. The lowest BCUT2D eigenvalue weighted by Crippen LogP contribution is -2.17. The Morgan fingerprint density at radius 1 is 1.22 bits per heavy atom. The highest BCUT2D eigenvalue weighted by Crippen LogP contribution is 2.46. The lowest BCUT2D eigenvalue weighted by Gasteiger charge is -2.07. The quantitative estimate of drug-likeness (QED) is 0.445. The zero-order chi connectivity index (χ0) is 23.0. The Morgan fingerprint density at radius 3 is 2.62 bits per heavy atom. The molecule has 0 saturated heterocycles. The third kappa shape index (κ3) is 5.07. The third-order valence-corrected chi connectivity index (χ3v) is 5.57. The van der Waals surface area contributed by atoms with Crippen LogP contribution >= 0.6 is 23.2 Å². The maximum Gasteiger partial charge on any atom is 0.436 e. The van der Waals surface area contributed by atoms with Gasteiger partial charge in [0.1, 0.15) is 10.8 Å². The summed E-state index contributed by atoms with van der Waals surface area (Å²) in [7, 11) is 0. The zero-order valence-electron chi connectivity index (χ0n) is 16.5. The SMILES string of the molecule is O=C(CCn1nc(C(F)(F)F)c(Cl)c1C1CC1)Nc1nn(Cc2cccc(F)c2)cc1Cl. The summed E-state index contributed by atoms with van der Waals surface area (Å²) in [6, 6.07) is 5.97. The molecule has 0 bridgehead atoms. The van der Waals surface area contributed by atoms with Crippen LogP contribution in [0.15, 0.2) is 30.5 Å². The molecule has 170 valence electrons. The van der Waals surface area contributed by atoms with Crippen LogP contribution in [0, 0.1) is 5.82 Å². The predicted molar refractivity (Wildman–Crippen MR) is 110 cm³/mol. The molecule has 4 rings (SSSR count). The van der Waals surface area contributed by atoms with Gasteiger partial charge in [-0.15, -0.1) is 0 Å². The van der Waals surface area contributed by atoms with Crippen LogP contribution in [-0.2, 0) is 24.1 Å². The molecule has 0 unspecified atom stereocenters. The normalized spacial score (nSPS) is 14.1. The first kappa shape index (κ1) is 22.6. The van der Waals surface area contributed by atoms with Gasteiger partial charge in [-0.2, -0.15) is 23.4 Å². The molecule has 1 fully saturated rings. The van der Waals surface area contributed by atoms with E-state index in [4.69, 9.17) is 23.2 Å². The lowest BCUT2D eigenvalue weighted by atomic mass is 10.2. The number of rotatable bonds is 7. The zero-order valence-corrected chi connectivity index (χ0v) is 18.0. The summed E-state index contributed by atoms with van der Waals surface area (Å²) in [4.78, 5) is 12.4. The maximum absolute atomic E-state index is 13.3. The first-order chi connectivity index (χ1) is 15.1. The van der Waals surface area contributed by atoms with Crippen LogP contribution in [0.5, 0.6) is 0 Å². The highest BCUT2D eigenvalue weighted by molar-refractivity contribution is 6.33. The number of anilines is 1. The molecule has 0 atom stereocenters. The van der Waals surface area contributed by atoms with E-state index < -0.39 is 22.8 Å². The molecule has 0 radical (unpaired) electrons. The number of benzene rings is 1. The van der Waals surface area contributed by atoms with Crippen molar-refractivity contribution in [2.24, 2.45) is 0 Å². The van der Waals surface area contributed by atoms with E-state index in [2.05, 4.69) is 15.5 Å². The van der Waals surface area contributed by atoms with Crippen molar-refractivity contribution in [3.8, 4) is 0 Å². The van der Waals surface area contributed by atoms with E-state index in [1.54, 1.807) is 12.1 Å². The predicted octanol–water partition coefficient (Wildman–Crippen LogP) is 5.50. The van der Waals surface area contributed by atoms with Crippen molar-refractivity contribution in [3.63, 3.8) is 0 Å². The van der Waals surface area contributed by atoms with Crippen LogP contribution in [0.1, 0.15) is 42.1 Å². The third-order valence-electron chi connectivity index (χ3n) is 4.92. The van der Waals surface area contributed by atoms with Crippen molar-refractivity contribution >= 4 is 34.9 Å². The number of aromatic nitrogens is 4. The number of nitrogens with zero attached hydrogens (tertiary/aromatic N) is 4. The number of carbonyl (C=O) groups excluding carboxylic acids is 1. The standard InChI is InChI=1S/C20H17Cl2F4N5O/c21-14-10-30(9-11-2-1-3-13(23)8-11)29-19(14)27-15(32)6-7-31-17(12-4-5-12)16(22)18(28-31)20(24,25)26/h1-3,8,10,12H,4-7,9H2,(H,27,29,32). The number of hydrogen-bond donors (Lipinski definition) is 1. The van der Waals surface area contributed by atoms with E-state index in [1.165, 1.54) is 23.0 Å². The molecule has 6 nitrogen and oxygen atoms in total. The number of hydrogen-bond acceptors (Lipinski definition) is 3. The molecule has 0 aliphatic heterocycles. The van der Waals surface area contributed by atoms with Crippen LogP contribution in [0.4, 0.5) is 23.4 Å². The summed E-state index contributed by atoms with van der Waals surface area (Å²) in [6.07, 6.45) is -1.88. The minimum absolute atomic E-state index is 0.0743. The summed E-state index contributed by atoms with van der Waals surface area (Å²) in [5.74, 6) is -0.857. The van der Waals surface area contributed by atoms with Gasteiger partial charge in [-0.3, -0.25) is 14.2 Å². The van der Waals surface area contributed by atoms with E-state index >= 15 is 0 Å². The van der Waals surface area contributed by atoms with Gasteiger partial charge in [0, 0.05) is 18.5 Å². The Hall–Kier alpha value is -2.59. The van der Waals surface area contributed by atoms with Gasteiger partial charge in [0.25, 0.3) is 0 Å². The van der Waals surface area contributed by atoms with Crippen molar-refractivity contribution in [3.05, 3.63) is 63.3 Å². The van der Waals surface area contributed by atoms with E-state index in [0.29, 0.717) is 11.3 Å². The maximum atomic E-state index is 13.3. The number of carbonyl (C=O) groups is 1. The topological polar surface area (TPSA) is 64.7 Å². The van der Waals surface area contributed by atoms with E-state index in [0.717, 1.165) is 17.5 Å². The van der Waals surface area contributed by atoms with Gasteiger partial charge in [0.15, 0.2) is 11.5 Å². The average Bonchev–Trinajstić information content (AvgIpc) is 3.39. The van der Waals surface area contributed by atoms with Crippen molar-refractivity contribution < 1.29 is 22.4 Å². The summed E-state index contributed by atoms with van der Waals surface area (Å²) >= 11 is 12.1. The summed E-state index contributed by atoms with van der Waals surface area (Å²) < 4.78 is 55.4. The van der Waals surface area contributed by atoms with Gasteiger partial charge < -0.3 is 5.32 Å². The average molecular weight is 490 g/mol. The molecule has 1 saturated carbocycles. The minimum atomic E-state index is -4.67. The smallest absolute Gasteiger partial charge is 0.308 e. The van der Waals surface area contributed by atoms with Gasteiger partial charge in [-0.05, 0) is 30.5 Å². The molecule has 1 aliphatic carbocycles. The van der Waals surface area contributed by atoms with Crippen molar-refractivity contribution in [1.82, 2.24) is 19.6 Å². The Balaban J connectivity index is 1.41. The van der Waals surface area contributed by atoms with Crippen molar-refractivity contribution in [2.45, 2.75) is 44.4 Å². The number of amides is 1. The monoisotopic (exact) mass is 489 g/mol. The van der Waals surface area contributed by atoms with Crippen LogP contribution in [0.25, 0.3) is 0 Å². The molecule has 3 aromatic rings. The lowest BCUT2D eigenvalue weighted by molar-refractivity contribution is -0.141. The molecule has 1 aliphatic rings. The fourth-order valence-corrected chi connectivity index (χ4v) is 3.93. The molecule has 2 heterocycles. The van der Waals surface area contributed by atoms with Crippen LogP contribution in [0.2, 0.25) is 10.0 Å². The fourth-order valence-electron chi connectivity index (χ4n) is 3.34. The Kier molecular flexibility index (Phi) is 6.17. The summed E-state index contributed by atoms with van der Waals surface area (Å²) in [6.45, 7) is 0.166. The molecule has 0 spiro atoms. The van der Waals surface area contributed by atoms with Crippen LogP contribution in [0.3, 0.4) is 0 Å². The van der Waals surface area contributed by atoms with Crippen LogP contribution < -0.4 is 5.32 Å². The second-order valence-corrected chi connectivity index (χ2v) is 8.28. The molecule has 32 heavy (non-hydrogen) atoms. The summed E-state index contributed by atoms with van der Waals surface area (Å²) in [5, 5.41) is 10.1. The number of aryl methyl sites for hydroxylation is 1. The van der Waals surface area contributed by atoms with Gasteiger partial charge in [-0.1, -0.05) is 35.3 Å². The molecule has 1 aromatic carbocycles. The number of alkyl halides is 3. The Labute approximate surface area is 190 Å². The molecule has 1 N–H and O–H groups in total. The Bertz CT molecular complexity index is 1150. The fraction of sp³-hybridized carbons (Fsp3) is 0.350. The van der Waals surface area contributed by atoms with Crippen molar-refractivity contribution in [1.29, 1.82) is 0 Å². The highest BCUT2D eigenvalue weighted by Gasteiger charge is 2.42. The minimum Gasteiger partial charge on any atom is -0.308 e. The molecular formula is C20H17Cl2F4N5O. The van der Waals surface area contributed by atoms with Gasteiger partial charge in [0.05, 0.1) is 23.8 Å². The second kappa shape index (κ2) is 8.74. The molecular weight excluding hydrogens is 473 g/mol. The largest absolute Gasteiger partial charge is 0.436 e. The Morgan fingerprint density at radius 2 is 1.97 bits per heavy atom. The first-order valence-corrected chi connectivity index (χ1v) is 10.5. The van der Waals surface area contributed by atoms with E-state index in [1.807, 2.05) is 0 Å². The van der Waals surface area contributed by atoms with E-state index in [9.17, 15) is 22.4 Å². The highest BCUT2D eigenvalue weighted by atomic mass is 35.5. The van der Waals surface area contributed by atoms with Gasteiger partial charge in [0.2, 0.25) is 5.91 Å². The molecule has 1 amide bonds. The molecule has 2 aromatic heterocycles. The van der Waals surface area contributed by atoms with Crippen molar-refractivity contribution in [2.75, 3.05) is 5.32 Å².